The molecule has 1 atom stereocenters. The molecule has 0 rings (SSSR count). The number of amides is 1. The average Bonchev–Trinajstić information content (AvgIpc) is 2.05. The molecule has 0 fully saturated rings. The van der Waals surface area contributed by atoms with E-state index in [1.165, 1.54) is 6.21 Å². The first kappa shape index (κ1) is 10.1. The Kier molecular flexibility index (Phi) is 5.37. The Morgan fingerprint density at radius 3 is 2.64 bits per heavy atom. The molecule has 0 saturated heterocycles. The number of carbonyl (C=O) groups excluding carboxylic acids is 1. The van der Waals surface area contributed by atoms with Crippen LogP contribution >= 0.6 is 0 Å². The molecule has 0 aromatic carbocycles. The fraction of sp³-hybridized carbons (Fsp3) is 0.714. The summed E-state index contributed by atoms with van der Waals surface area (Å²) < 4.78 is 0. The molecule has 0 aliphatic rings. The zero-order valence-corrected chi connectivity index (χ0v) is 6.98. The van der Waals surface area contributed by atoms with E-state index in [1.807, 2.05) is 0 Å². The quantitative estimate of drug-likeness (QED) is 0.482. The second-order valence-corrected chi connectivity index (χ2v) is 2.24. The smallest absolute Gasteiger partial charge is 0.236 e. The topological polar surface area (TPSA) is 65.0 Å². The van der Waals surface area contributed by atoms with Gasteiger partial charge in [-0.15, -0.1) is 0 Å². The molecule has 3 N–H and O–H groups in total. The minimum absolute atomic E-state index is 0.0191. The summed E-state index contributed by atoms with van der Waals surface area (Å²) >= 11 is 0. The van der Waals surface area contributed by atoms with E-state index < -0.39 is 0 Å². The van der Waals surface area contributed by atoms with Crippen LogP contribution in [0.25, 0.3) is 0 Å². The maximum atomic E-state index is 11.0. The van der Waals surface area contributed by atoms with Crippen molar-refractivity contribution in [2.24, 2.45) is 0 Å². The number of carbonyl (C=O) groups is 1. The predicted octanol–water partition coefficient (Wildman–Crippen LogP) is -0.250. The van der Waals surface area contributed by atoms with E-state index in [0.717, 1.165) is 0 Å². The van der Waals surface area contributed by atoms with Gasteiger partial charge in [-0.2, -0.15) is 0 Å². The molecule has 0 heterocycles. The lowest BCUT2D eigenvalue weighted by atomic mass is 10.1. The molecule has 0 aromatic rings. The lowest BCUT2D eigenvalue weighted by Crippen LogP contribution is -2.40. The monoisotopic (exact) mass is 157 g/mol. The van der Waals surface area contributed by atoms with Gasteiger partial charge in [0.1, 0.15) is 0 Å². The van der Waals surface area contributed by atoms with Gasteiger partial charge in [-0.25, -0.2) is 0 Å². The summed E-state index contributed by atoms with van der Waals surface area (Å²) in [7, 11) is 3.35. The molecule has 0 aliphatic heterocycles. The number of likely N-dealkylation sites (N-methyl/N-ethyl adjacent to an activating group) is 2. The van der Waals surface area contributed by atoms with Gasteiger partial charge in [-0.1, -0.05) is 0 Å². The number of hydrogen-bond acceptors (Lipinski definition) is 3. The summed E-state index contributed by atoms with van der Waals surface area (Å²) in [4.78, 5) is 11.0. The number of hydrogen-bond donors (Lipinski definition) is 3. The summed E-state index contributed by atoms with van der Waals surface area (Å²) in [5.74, 6) is -0.0191. The first-order chi connectivity index (χ1) is 5.26. The van der Waals surface area contributed by atoms with Crippen molar-refractivity contribution in [3.63, 3.8) is 0 Å². The third-order valence-corrected chi connectivity index (χ3v) is 1.51. The van der Waals surface area contributed by atoms with Crippen LogP contribution in [0.5, 0.6) is 0 Å². The van der Waals surface area contributed by atoms with Gasteiger partial charge in [0.05, 0.1) is 6.04 Å². The normalized spacial score (nSPS) is 12.2. The summed E-state index contributed by atoms with van der Waals surface area (Å²) in [6.45, 7) is 0. The van der Waals surface area contributed by atoms with Gasteiger partial charge in [-0.05, 0) is 26.1 Å². The highest BCUT2D eigenvalue weighted by atomic mass is 16.2. The third kappa shape index (κ3) is 3.72. The van der Waals surface area contributed by atoms with Gasteiger partial charge in [-0.3, -0.25) is 4.79 Å². The molecule has 4 heteroatoms. The standard InChI is InChI=1S/C7H15N3O/c1-9-6(4-3-5-8)7(11)10-2/h5-6,8-9H,3-4H2,1-2H3,(H,10,11). The van der Waals surface area contributed by atoms with Crippen LogP contribution < -0.4 is 10.6 Å². The molecule has 1 unspecified atom stereocenters. The first-order valence-corrected chi connectivity index (χ1v) is 3.64. The van der Waals surface area contributed by atoms with Crippen LogP contribution in [0.4, 0.5) is 0 Å². The summed E-state index contributed by atoms with van der Waals surface area (Å²) in [6, 6.07) is -0.165. The fourth-order valence-corrected chi connectivity index (χ4v) is 0.831. The van der Waals surface area contributed by atoms with E-state index in [4.69, 9.17) is 5.41 Å². The second-order valence-electron chi connectivity index (χ2n) is 2.24. The van der Waals surface area contributed by atoms with Gasteiger partial charge in [0.2, 0.25) is 5.91 Å². The molecular weight excluding hydrogens is 142 g/mol. The molecule has 1 amide bonds. The minimum Gasteiger partial charge on any atom is -0.358 e. The molecule has 11 heavy (non-hydrogen) atoms. The maximum Gasteiger partial charge on any atom is 0.236 e. The van der Waals surface area contributed by atoms with Crippen LogP contribution in [-0.2, 0) is 4.79 Å². The molecule has 0 spiro atoms. The van der Waals surface area contributed by atoms with Crippen molar-refractivity contribution in [3.05, 3.63) is 0 Å². The average molecular weight is 157 g/mol. The largest absolute Gasteiger partial charge is 0.358 e. The Hall–Kier alpha value is -0.900. The second kappa shape index (κ2) is 5.85. The molecular formula is C7H15N3O. The Morgan fingerprint density at radius 2 is 2.27 bits per heavy atom. The van der Waals surface area contributed by atoms with Crippen LogP contribution in [0.3, 0.4) is 0 Å². The summed E-state index contributed by atoms with van der Waals surface area (Å²) in [6.07, 6.45) is 2.63. The van der Waals surface area contributed by atoms with Crippen LogP contribution in [0.15, 0.2) is 0 Å². The Labute approximate surface area is 66.9 Å². The van der Waals surface area contributed by atoms with E-state index in [0.29, 0.717) is 12.8 Å². The molecule has 0 aromatic heterocycles. The van der Waals surface area contributed by atoms with E-state index in [9.17, 15) is 4.79 Å². The molecule has 0 radical (unpaired) electrons. The number of rotatable bonds is 5. The molecule has 64 valence electrons. The molecule has 0 saturated carbocycles. The van der Waals surface area contributed by atoms with Crippen molar-refractivity contribution >= 4 is 12.1 Å². The highest BCUT2D eigenvalue weighted by Crippen LogP contribution is 1.93. The highest BCUT2D eigenvalue weighted by molar-refractivity contribution is 5.81. The maximum absolute atomic E-state index is 11.0. The zero-order chi connectivity index (χ0) is 8.69. The van der Waals surface area contributed by atoms with Crippen molar-refractivity contribution in [2.45, 2.75) is 18.9 Å². The fourth-order valence-electron chi connectivity index (χ4n) is 0.831. The summed E-state index contributed by atoms with van der Waals surface area (Å²) in [5.41, 5.74) is 0. The SMILES string of the molecule is CNC(=O)C(CCC=N)NC. The summed E-state index contributed by atoms with van der Waals surface area (Å²) in [5, 5.41) is 12.2. The predicted molar refractivity (Wildman–Crippen MR) is 44.9 cm³/mol. The van der Waals surface area contributed by atoms with Gasteiger partial charge in [0.15, 0.2) is 0 Å². The zero-order valence-electron chi connectivity index (χ0n) is 6.98. The van der Waals surface area contributed by atoms with E-state index >= 15 is 0 Å². The minimum atomic E-state index is -0.165. The Bertz CT molecular complexity index is 136. The van der Waals surface area contributed by atoms with Crippen molar-refractivity contribution < 1.29 is 4.79 Å². The van der Waals surface area contributed by atoms with Crippen LogP contribution in [0.1, 0.15) is 12.8 Å². The third-order valence-electron chi connectivity index (χ3n) is 1.51. The van der Waals surface area contributed by atoms with Gasteiger partial charge >= 0.3 is 0 Å². The highest BCUT2D eigenvalue weighted by Gasteiger charge is 2.12. The van der Waals surface area contributed by atoms with E-state index in [2.05, 4.69) is 10.6 Å². The lowest BCUT2D eigenvalue weighted by Gasteiger charge is -2.12. The van der Waals surface area contributed by atoms with Crippen LogP contribution in [-0.4, -0.2) is 32.3 Å². The van der Waals surface area contributed by atoms with Gasteiger partial charge in [0.25, 0.3) is 0 Å². The number of nitrogens with one attached hydrogen (secondary N) is 3. The van der Waals surface area contributed by atoms with E-state index in [-0.39, 0.29) is 11.9 Å². The molecule has 0 bridgehead atoms. The Morgan fingerprint density at radius 1 is 1.64 bits per heavy atom. The van der Waals surface area contributed by atoms with Crippen molar-refractivity contribution in [1.82, 2.24) is 10.6 Å². The molecule has 0 aliphatic carbocycles. The van der Waals surface area contributed by atoms with E-state index in [1.54, 1.807) is 14.1 Å². The first-order valence-electron chi connectivity index (χ1n) is 3.64. The lowest BCUT2D eigenvalue weighted by molar-refractivity contribution is -0.122. The Balaban J connectivity index is 3.74. The molecule has 4 nitrogen and oxygen atoms in total. The van der Waals surface area contributed by atoms with Crippen molar-refractivity contribution in [2.75, 3.05) is 14.1 Å². The van der Waals surface area contributed by atoms with Crippen LogP contribution in [0.2, 0.25) is 0 Å². The van der Waals surface area contributed by atoms with Crippen molar-refractivity contribution in [3.8, 4) is 0 Å². The van der Waals surface area contributed by atoms with Gasteiger partial charge in [0, 0.05) is 7.05 Å². The van der Waals surface area contributed by atoms with Crippen molar-refractivity contribution in [1.29, 1.82) is 5.41 Å². The van der Waals surface area contributed by atoms with Gasteiger partial charge < -0.3 is 16.0 Å². The van der Waals surface area contributed by atoms with Crippen LogP contribution in [0, 0.1) is 5.41 Å².